The monoisotopic (exact) mass is 403 g/mol. The van der Waals surface area contributed by atoms with Crippen molar-refractivity contribution in [1.29, 1.82) is 5.26 Å². The van der Waals surface area contributed by atoms with Crippen LogP contribution in [0.15, 0.2) is 47.8 Å². The first kappa shape index (κ1) is 18.4. The van der Waals surface area contributed by atoms with Crippen LogP contribution in [-0.4, -0.2) is 10.9 Å². The molecule has 1 aromatic carbocycles. The van der Waals surface area contributed by atoms with E-state index in [2.05, 4.69) is 11.4 Å². The highest BCUT2D eigenvalue weighted by atomic mass is 32.1. The van der Waals surface area contributed by atoms with Crippen molar-refractivity contribution in [3.05, 3.63) is 69.4 Å². The number of aryl methyl sites for hydroxylation is 1. The van der Waals surface area contributed by atoms with Gasteiger partial charge in [-0.15, -0.1) is 22.7 Å². The number of hydrogen-bond donors (Lipinski definition) is 1. The van der Waals surface area contributed by atoms with Crippen LogP contribution in [0.5, 0.6) is 0 Å². The van der Waals surface area contributed by atoms with E-state index in [1.807, 2.05) is 61.7 Å². The van der Waals surface area contributed by atoms with Crippen LogP contribution in [0, 0.1) is 18.3 Å². The van der Waals surface area contributed by atoms with E-state index in [9.17, 15) is 10.1 Å². The Labute approximate surface area is 171 Å². The molecular formula is C22H17N3OS2. The van der Waals surface area contributed by atoms with E-state index >= 15 is 0 Å². The molecule has 0 atom stereocenters. The fourth-order valence-corrected chi connectivity index (χ4v) is 5.07. The maximum atomic E-state index is 13.2. The maximum Gasteiger partial charge on any atom is 0.257 e. The third-order valence-corrected chi connectivity index (χ3v) is 6.59. The average Bonchev–Trinajstić information content (AvgIpc) is 3.34. The summed E-state index contributed by atoms with van der Waals surface area (Å²) in [6, 6.07) is 15.7. The second-order valence-electron chi connectivity index (χ2n) is 6.31. The number of rotatable bonds is 4. The Hall–Kier alpha value is -3.01. The number of aromatic nitrogens is 1. The van der Waals surface area contributed by atoms with E-state index < -0.39 is 0 Å². The first-order valence-electron chi connectivity index (χ1n) is 8.89. The number of nitrogens with one attached hydrogen (secondary N) is 1. The van der Waals surface area contributed by atoms with Crippen LogP contribution in [0.2, 0.25) is 0 Å². The molecule has 1 N–H and O–H groups in total. The van der Waals surface area contributed by atoms with E-state index in [-0.39, 0.29) is 5.91 Å². The molecule has 0 unspecified atom stereocenters. The molecule has 0 aliphatic heterocycles. The van der Waals surface area contributed by atoms with Gasteiger partial charge in [-0.25, -0.2) is 4.98 Å². The van der Waals surface area contributed by atoms with Gasteiger partial charge < -0.3 is 5.32 Å². The summed E-state index contributed by atoms with van der Waals surface area (Å²) in [4.78, 5) is 20.0. The van der Waals surface area contributed by atoms with Gasteiger partial charge in [-0.2, -0.15) is 5.26 Å². The molecule has 4 aromatic rings. The van der Waals surface area contributed by atoms with Crippen LogP contribution >= 0.6 is 22.7 Å². The quantitative estimate of drug-likeness (QED) is 0.453. The normalized spacial score (nSPS) is 10.8. The Balaban J connectivity index is 1.81. The molecule has 0 fully saturated rings. The minimum atomic E-state index is -0.225. The van der Waals surface area contributed by atoms with Crippen molar-refractivity contribution in [1.82, 2.24) is 4.98 Å². The van der Waals surface area contributed by atoms with Crippen LogP contribution in [-0.2, 0) is 6.42 Å². The predicted molar refractivity (Wildman–Crippen MR) is 116 cm³/mol. The fourth-order valence-electron chi connectivity index (χ4n) is 3.30. The molecule has 1 amide bonds. The smallest absolute Gasteiger partial charge is 0.257 e. The molecule has 0 bridgehead atoms. The minimum Gasteiger partial charge on any atom is -0.312 e. The van der Waals surface area contributed by atoms with Gasteiger partial charge in [0.2, 0.25) is 0 Å². The van der Waals surface area contributed by atoms with Crippen molar-refractivity contribution >= 4 is 44.5 Å². The number of carbonyl (C=O) groups is 1. The lowest BCUT2D eigenvalue weighted by Gasteiger charge is -2.09. The van der Waals surface area contributed by atoms with Crippen molar-refractivity contribution in [2.24, 2.45) is 0 Å². The van der Waals surface area contributed by atoms with Crippen LogP contribution in [0.4, 0.5) is 5.00 Å². The number of benzene rings is 1. The van der Waals surface area contributed by atoms with Gasteiger partial charge in [-0.1, -0.05) is 31.2 Å². The Bertz CT molecular complexity index is 1220. The molecule has 0 spiro atoms. The molecule has 3 heterocycles. The number of para-hydroxylation sites is 1. The largest absolute Gasteiger partial charge is 0.312 e. The van der Waals surface area contributed by atoms with E-state index in [0.717, 1.165) is 38.3 Å². The van der Waals surface area contributed by atoms with Gasteiger partial charge in [-0.05, 0) is 42.5 Å². The molecule has 4 nitrogen and oxygen atoms in total. The molecule has 0 saturated carbocycles. The van der Waals surface area contributed by atoms with Crippen molar-refractivity contribution in [3.8, 4) is 16.6 Å². The third kappa shape index (κ3) is 3.19. The number of hydrogen-bond acceptors (Lipinski definition) is 5. The summed E-state index contributed by atoms with van der Waals surface area (Å²) in [6.07, 6.45) is 0.766. The zero-order chi connectivity index (χ0) is 19.7. The number of nitriles is 1. The highest BCUT2D eigenvalue weighted by molar-refractivity contribution is 7.16. The van der Waals surface area contributed by atoms with Gasteiger partial charge in [0.1, 0.15) is 11.1 Å². The summed E-state index contributed by atoms with van der Waals surface area (Å²) in [7, 11) is 0. The summed E-state index contributed by atoms with van der Waals surface area (Å²) < 4.78 is 0. The first-order valence-corrected chi connectivity index (χ1v) is 10.6. The predicted octanol–water partition coefficient (Wildman–Crippen LogP) is 6.02. The molecule has 138 valence electrons. The number of pyridine rings is 1. The first-order chi connectivity index (χ1) is 13.6. The van der Waals surface area contributed by atoms with Gasteiger partial charge in [0.25, 0.3) is 5.91 Å². The summed E-state index contributed by atoms with van der Waals surface area (Å²) >= 11 is 3.04. The van der Waals surface area contributed by atoms with E-state index in [4.69, 9.17) is 4.98 Å². The summed E-state index contributed by atoms with van der Waals surface area (Å²) in [5.41, 5.74) is 3.67. The molecule has 0 aliphatic carbocycles. The van der Waals surface area contributed by atoms with Gasteiger partial charge in [0, 0.05) is 10.3 Å². The van der Waals surface area contributed by atoms with Gasteiger partial charge in [0.15, 0.2) is 0 Å². The van der Waals surface area contributed by atoms with Crippen LogP contribution in [0.3, 0.4) is 0 Å². The van der Waals surface area contributed by atoms with Crippen LogP contribution < -0.4 is 5.32 Å². The molecular weight excluding hydrogens is 386 g/mol. The number of nitrogens with zero attached hydrogens (tertiary/aromatic N) is 2. The van der Waals surface area contributed by atoms with E-state index in [0.29, 0.717) is 16.1 Å². The summed E-state index contributed by atoms with van der Waals surface area (Å²) in [6.45, 7) is 4.00. The molecule has 0 aliphatic rings. The number of amides is 1. The summed E-state index contributed by atoms with van der Waals surface area (Å²) in [5.74, 6) is -0.225. The Morgan fingerprint density at radius 3 is 2.79 bits per heavy atom. The zero-order valence-corrected chi connectivity index (χ0v) is 17.1. The minimum absolute atomic E-state index is 0.225. The van der Waals surface area contributed by atoms with Gasteiger partial charge >= 0.3 is 0 Å². The Morgan fingerprint density at radius 2 is 2.07 bits per heavy atom. The molecule has 6 heteroatoms. The van der Waals surface area contributed by atoms with Crippen molar-refractivity contribution < 1.29 is 4.79 Å². The van der Waals surface area contributed by atoms with Crippen LogP contribution in [0.25, 0.3) is 21.5 Å². The van der Waals surface area contributed by atoms with E-state index in [1.54, 1.807) is 11.3 Å². The zero-order valence-electron chi connectivity index (χ0n) is 15.4. The number of carbonyl (C=O) groups excluding carboxylic acids is 1. The lowest BCUT2D eigenvalue weighted by molar-refractivity contribution is 0.102. The maximum absolute atomic E-state index is 13.2. The fraction of sp³-hybridized carbons (Fsp3) is 0.136. The standard InChI is InChI=1S/C22H17N3OS2/c1-3-14-13(2)28-22(17(14)12-23)25-21(26)16-11-19(20-9-6-10-27-20)24-18-8-5-4-7-15(16)18/h4-11H,3H2,1-2H3,(H,25,26). The second kappa shape index (κ2) is 7.55. The Kier molecular flexibility index (Phi) is 4.95. The van der Waals surface area contributed by atoms with Crippen LogP contribution in [0.1, 0.15) is 33.3 Å². The van der Waals surface area contributed by atoms with Gasteiger partial charge in [0.05, 0.1) is 27.2 Å². The van der Waals surface area contributed by atoms with E-state index in [1.165, 1.54) is 11.3 Å². The Morgan fingerprint density at radius 1 is 1.25 bits per heavy atom. The lowest BCUT2D eigenvalue weighted by Crippen LogP contribution is -2.13. The van der Waals surface area contributed by atoms with Crippen molar-refractivity contribution in [3.63, 3.8) is 0 Å². The molecule has 4 rings (SSSR count). The molecule has 0 radical (unpaired) electrons. The lowest BCUT2D eigenvalue weighted by atomic mass is 10.1. The highest BCUT2D eigenvalue weighted by Gasteiger charge is 2.19. The SMILES string of the molecule is CCc1c(C)sc(NC(=O)c2cc(-c3cccs3)nc3ccccc23)c1C#N. The number of thiophene rings is 2. The topological polar surface area (TPSA) is 65.8 Å². The molecule has 28 heavy (non-hydrogen) atoms. The third-order valence-electron chi connectivity index (χ3n) is 4.64. The second-order valence-corrected chi connectivity index (χ2v) is 8.48. The van der Waals surface area contributed by atoms with Crippen molar-refractivity contribution in [2.45, 2.75) is 20.3 Å². The van der Waals surface area contributed by atoms with Crippen molar-refractivity contribution in [2.75, 3.05) is 5.32 Å². The number of anilines is 1. The number of fused-ring (bicyclic) bond motifs is 1. The average molecular weight is 404 g/mol. The highest BCUT2D eigenvalue weighted by Crippen LogP contribution is 2.34. The summed E-state index contributed by atoms with van der Waals surface area (Å²) in [5, 5.41) is 15.9. The molecule has 3 aromatic heterocycles. The van der Waals surface area contributed by atoms with Gasteiger partial charge in [-0.3, -0.25) is 4.79 Å². The molecule has 0 saturated heterocycles.